The van der Waals surface area contributed by atoms with Gasteiger partial charge in [-0.25, -0.2) is 0 Å². The van der Waals surface area contributed by atoms with Crippen LogP contribution in [0.4, 0.5) is 5.69 Å². The van der Waals surface area contributed by atoms with Crippen molar-refractivity contribution in [1.29, 1.82) is 0 Å². The second-order valence-corrected chi connectivity index (χ2v) is 5.54. The predicted molar refractivity (Wildman–Crippen MR) is 84.5 cm³/mol. The number of rotatable bonds is 5. The number of nitro groups is 1. The molecule has 0 radical (unpaired) electrons. The summed E-state index contributed by atoms with van der Waals surface area (Å²) < 4.78 is 6.45. The fraction of sp³-hybridized carbons (Fsp3) is 0.143. The van der Waals surface area contributed by atoms with Gasteiger partial charge in [-0.1, -0.05) is 23.7 Å². The van der Waals surface area contributed by atoms with Crippen molar-refractivity contribution in [1.82, 2.24) is 0 Å². The third-order valence-electron chi connectivity index (χ3n) is 2.88. The highest BCUT2D eigenvalue weighted by molar-refractivity contribution is 9.10. The topological polar surface area (TPSA) is 78.4 Å². The minimum Gasteiger partial charge on any atom is -0.487 e. The maximum atomic E-state index is 11.0. The number of ether oxygens (including phenoxy) is 1. The number of halogens is 2. The van der Waals surface area contributed by atoms with Gasteiger partial charge in [-0.05, 0) is 34.1 Å². The van der Waals surface area contributed by atoms with Gasteiger partial charge in [0.25, 0.3) is 5.69 Å². The zero-order valence-corrected chi connectivity index (χ0v) is 13.2. The number of nitrogens with zero attached hydrogens (tertiary/aromatic N) is 1. The molecule has 2 aromatic rings. The van der Waals surface area contributed by atoms with Crippen molar-refractivity contribution in [3.05, 3.63) is 67.1 Å². The molecule has 0 aromatic heterocycles. The molecule has 7 heteroatoms. The van der Waals surface area contributed by atoms with E-state index in [9.17, 15) is 10.1 Å². The molecule has 2 rings (SSSR count). The number of para-hydroxylation sites is 1. The Morgan fingerprint density at radius 3 is 2.71 bits per heavy atom. The minimum absolute atomic E-state index is 0.0586. The quantitative estimate of drug-likeness (QED) is 0.635. The zero-order chi connectivity index (χ0) is 15.4. The van der Waals surface area contributed by atoms with Crippen LogP contribution in [0, 0.1) is 10.1 Å². The van der Waals surface area contributed by atoms with Gasteiger partial charge >= 0.3 is 0 Å². The van der Waals surface area contributed by atoms with E-state index in [0.29, 0.717) is 22.9 Å². The molecule has 0 bridgehead atoms. The lowest BCUT2D eigenvalue weighted by molar-refractivity contribution is -0.385. The summed E-state index contributed by atoms with van der Waals surface area (Å²) in [5.41, 5.74) is 6.86. The summed E-state index contributed by atoms with van der Waals surface area (Å²) in [6.45, 7) is 0.376. The number of hydrogen-bond acceptors (Lipinski definition) is 4. The van der Waals surface area contributed by atoms with Crippen molar-refractivity contribution in [3.63, 3.8) is 0 Å². The lowest BCUT2D eigenvalue weighted by Crippen LogP contribution is -2.05. The lowest BCUT2D eigenvalue weighted by Gasteiger charge is -2.12. The van der Waals surface area contributed by atoms with Crippen LogP contribution in [-0.2, 0) is 13.2 Å². The van der Waals surface area contributed by atoms with Gasteiger partial charge in [0.1, 0.15) is 12.4 Å². The average Bonchev–Trinajstić information content (AvgIpc) is 2.46. The summed E-state index contributed by atoms with van der Waals surface area (Å²) >= 11 is 9.17. The fourth-order valence-electron chi connectivity index (χ4n) is 1.85. The molecule has 2 aromatic carbocycles. The summed E-state index contributed by atoms with van der Waals surface area (Å²) in [7, 11) is 0. The van der Waals surface area contributed by atoms with E-state index >= 15 is 0 Å². The number of hydrogen-bond donors (Lipinski definition) is 1. The largest absolute Gasteiger partial charge is 0.487 e. The van der Waals surface area contributed by atoms with Gasteiger partial charge < -0.3 is 10.5 Å². The first-order valence-corrected chi connectivity index (χ1v) is 7.23. The molecule has 0 aliphatic heterocycles. The van der Waals surface area contributed by atoms with E-state index in [0.717, 1.165) is 10.0 Å². The molecule has 0 unspecified atom stereocenters. The molecular weight excluding hydrogens is 360 g/mol. The van der Waals surface area contributed by atoms with Crippen LogP contribution in [0.15, 0.2) is 40.9 Å². The van der Waals surface area contributed by atoms with Crippen LogP contribution in [-0.4, -0.2) is 4.92 Å². The number of nitro benzene ring substituents is 1. The maximum Gasteiger partial charge on any atom is 0.277 e. The van der Waals surface area contributed by atoms with Gasteiger partial charge in [-0.2, -0.15) is 0 Å². The van der Waals surface area contributed by atoms with E-state index in [2.05, 4.69) is 15.9 Å². The molecule has 0 saturated carbocycles. The zero-order valence-electron chi connectivity index (χ0n) is 10.9. The second-order valence-electron chi connectivity index (χ2n) is 4.25. The first-order valence-electron chi connectivity index (χ1n) is 6.06. The van der Waals surface area contributed by atoms with Crippen LogP contribution in [0.5, 0.6) is 5.75 Å². The standard InChI is InChI=1S/C14H12BrClN2O3/c15-12-3-1-2-9(7-17)14(12)21-8-10-4-5-11(16)6-13(10)18(19)20/h1-6H,7-8,17H2. The summed E-state index contributed by atoms with van der Waals surface area (Å²) in [4.78, 5) is 10.6. The Labute approximate surface area is 134 Å². The smallest absolute Gasteiger partial charge is 0.277 e. The van der Waals surface area contributed by atoms with Gasteiger partial charge in [0, 0.05) is 23.2 Å². The Balaban J connectivity index is 2.27. The van der Waals surface area contributed by atoms with Crippen LogP contribution < -0.4 is 10.5 Å². The molecule has 0 amide bonds. The van der Waals surface area contributed by atoms with Crippen LogP contribution in [0.2, 0.25) is 5.02 Å². The fourth-order valence-corrected chi connectivity index (χ4v) is 2.54. The third kappa shape index (κ3) is 3.72. The average molecular weight is 372 g/mol. The van der Waals surface area contributed by atoms with Crippen molar-refractivity contribution < 1.29 is 9.66 Å². The van der Waals surface area contributed by atoms with E-state index in [1.807, 2.05) is 18.2 Å². The van der Waals surface area contributed by atoms with Crippen LogP contribution in [0.25, 0.3) is 0 Å². The molecule has 0 spiro atoms. The normalized spacial score (nSPS) is 10.4. The van der Waals surface area contributed by atoms with Crippen molar-refractivity contribution in [2.75, 3.05) is 0 Å². The Bertz CT molecular complexity index is 679. The molecule has 5 nitrogen and oxygen atoms in total. The lowest BCUT2D eigenvalue weighted by atomic mass is 10.2. The van der Waals surface area contributed by atoms with E-state index in [1.54, 1.807) is 12.1 Å². The van der Waals surface area contributed by atoms with Crippen molar-refractivity contribution in [2.24, 2.45) is 5.73 Å². The Morgan fingerprint density at radius 1 is 1.29 bits per heavy atom. The molecule has 0 fully saturated rings. The first kappa shape index (κ1) is 15.8. The van der Waals surface area contributed by atoms with Crippen LogP contribution in [0.1, 0.15) is 11.1 Å². The highest BCUT2D eigenvalue weighted by Crippen LogP contribution is 2.31. The Hall–Kier alpha value is -1.63. The molecule has 110 valence electrons. The molecular formula is C14H12BrClN2O3. The van der Waals surface area contributed by atoms with E-state index in [4.69, 9.17) is 22.1 Å². The second kappa shape index (κ2) is 6.89. The van der Waals surface area contributed by atoms with Crippen molar-refractivity contribution in [3.8, 4) is 5.75 Å². The van der Waals surface area contributed by atoms with Gasteiger partial charge in [0.15, 0.2) is 0 Å². The van der Waals surface area contributed by atoms with Crippen molar-refractivity contribution in [2.45, 2.75) is 13.2 Å². The molecule has 0 atom stereocenters. The van der Waals surface area contributed by atoms with Crippen molar-refractivity contribution >= 4 is 33.2 Å². The number of benzene rings is 2. The van der Waals surface area contributed by atoms with E-state index in [-0.39, 0.29) is 12.3 Å². The summed E-state index contributed by atoms with van der Waals surface area (Å²) in [6.07, 6.45) is 0. The molecule has 0 heterocycles. The Kier molecular flexibility index (Phi) is 5.17. The van der Waals surface area contributed by atoms with Gasteiger partial charge in [0.2, 0.25) is 0 Å². The van der Waals surface area contributed by atoms with Crippen LogP contribution >= 0.6 is 27.5 Å². The highest BCUT2D eigenvalue weighted by Gasteiger charge is 2.16. The van der Waals surface area contributed by atoms with Gasteiger partial charge in [0.05, 0.1) is 15.0 Å². The maximum absolute atomic E-state index is 11.0. The summed E-state index contributed by atoms with van der Waals surface area (Å²) in [5.74, 6) is 0.587. The molecule has 0 aliphatic carbocycles. The number of nitrogens with two attached hydrogens (primary N) is 1. The van der Waals surface area contributed by atoms with E-state index in [1.165, 1.54) is 6.07 Å². The summed E-state index contributed by atoms with van der Waals surface area (Å²) in [6, 6.07) is 10.0. The monoisotopic (exact) mass is 370 g/mol. The molecule has 21 heavy (non-hydrogen) atoms. The molecule has 0 saturated heterocycles. The predicted octanol–water partition coefficient (Wildman–Crippen LogP) is 4.05. The molecule has 0 aliphatic rings. The third-order valence-corrected chi connectivity index (χ3v) is 3.74. The SMILES string of the molecule is NCc1cccc(Br)c1OCc1ccc(Cl)cc1[N+](=O)[O-]. The molecule has 2 N–H and O–H groups in total. The summed E-state index contributed by atoms with van der Waals surface area (Å²) in [5, 5.41) is 11.4. The van der Waals surface area contributed by atoms with Gasteiger partial charge in [-0.3, -0.25) is 10.1 Å². The van der Waals surface area contributed by atoms with Crippen LogP contribution in [0.3, 0.4) is 0 Å². The minimum atomic E-state index is -0.478. The Morgan fingerprint density at radius 2 is 2.05 bits per heavy atom. The first-order chi connectivity index (χ1) is 10.0. The van der Waals surface area contributed by atoms with E-state index < -0.39 is 4.92 Å². The van der Waals surface area contributed by atoms with Gasteiger partial charge in [-0.15, -0.1) is 0 Å². The highest BCUT2D eigenvalue weighted by atomic mass is 79.9.